The van der Waals surface area contributed by atoms with Gasteiger partial charge in [-0.25, -0.2) is 9.59 Å². The van der Waals surface area contributed by atoms with Crippen molar-refractivity contribution in [3.05, 3.63) is 240 Å². The van der Waals surface area contributed by atoms with Gasteiger partial charge < -0.3 is 39.1 Å². The van der Waals surface area contributed by atoms with Crippen LogP contribution in [0, 0.1) is 0 Å². The van der Waals surface area contributed by atoms with E-state index in [2.05, 4.69) is 107 Å². The van der Waals surface area contributed by atoms with Crippen LogP contribution < -0.4 is 39.1 Å². The van der Waals surface area contributed by atoms with Gasteiger partial charge in [0.25, 0.3) is 23.6 Å². The summed E-state index contributed by atoms with van der Waals surface area (Å²) >= 11 is 0. The maximum absolute atomic E-state index is 16.4. The third-order valence-corrected chi connectivity index (χ3v) is 20.1. The lowest BCUT2D eigenvalue weighted by Gasteiger charge is -2.36. The summed E-state index contributed by atoms with van der Waals surface area (Å²) in [4.78, 5) is 122. The summed E-state index contributed by atoms with van der Waals surface area (Å²) in [6, 6.07) is 45.8. The summed E-state index contributed by atoms with van der Waals surface area (Å²) in [7, 11) is 0. The van der Waals surface area contributed by atoms with E-state index in [0.29, 0.717) is 35.8 Å². The van der Waals surface area contributed by atoms with E-state index >= 15 is 28.8 Å². The predicted molar refractivity (Wildman–Crippen MR) is 429 cm³/mol. The van der Waals surface area contributed by atoms with Crippen molar-refractivity contribution in [2.24, 2.45) is 0 Å². The fourth-order valence-electron chi connectivity index (χ4n) is 14.3. The van der Waals surface area contributed by atoms with Gasteiger partial charge in [0.1, 0.15) is 69.6 Å². The Morgan fingerprint density at radius 3 is 0.782 bits per heavy atom. The van der Waals surface area contributed by atoms with Crippen molar-refractivity contribution in [1.29, 1.82) is 0 Å². The fraction of sp³-hybridized carbons (Fsp3) is 0.261. The number of esters is 2. The number of fused-ring (bicyclic) bond motifs is 2. The molecule has 0 aliphatic carbocycles. The zero-order chi connectivity index (χ0) is 78.8. The number of nitrogens with one attached hydrogen (secondary N) is 2. The lowest BCUT2D eigenvalue weighted by Crippen LogP contribution is -2.52. The molecule has 2 N–H and O–H groups in total. The maximum Gasteiger partial charge on any atom is 0.335 e. The zero-order valence-electron chi connectivity index (χ0n) is 64.3. The molecule has 11 aromatic rings. The predicted octanol–water partition coefficient (Wildman–Crippen LogP) is 21.1. The van der Waals surface area contributed by atoms with Crippen molar-refractivity contribution < 1.29 is 66.8 Å². The monoisotopic (exact) mass is 1470 g/mol. The molecule has 18 nitrogen and oxygen atoms in total. The van der Waals surface area contributed by atoms with Crippen LogP contribution in [0.25, 0.3) is 43.1 Å². The molecule has 110 heavy (non-hydrogen) atoms. The summed E-state index contributed by atoms with van der Waals surface area (Å²) in [5.74, 6) is -4.05. The molecule has 6 amide bonds. The first-order valence-electron chi connectivity index (χ1n) is 36.9. The molecule has 0 aromatic heterocycles. The van der Waals surface area contributed by atoms with E-state index in [1.54, 1.807) is 24.3 Å². The van der Waals surface area contributed by atoms with Gasteiger partial charge in [-0.3, -0.25) is 38.6 Å². The van der Waals surface area contributed by atoms with Crippen molar-refractivity contribution in [2.45, 2.75) is 156 Å². The molecule has 0 saturated heterocycles. The minimum atomic E-state index is -1.41. The number of amides is 6. The van der Waals surface area contributed by atoms with Crippen LogP contribution in [-0.4, -0.2) is 69.3 Å². The lowest BCUT2D eigenvalue weighted by molar-refractivity contribution is -0.129. The van der Waals surface area contributed by atoms with Gasteiger partial charge in [-0.2, -0.15) is 0 Å². The molecule has 2 unspecified atom stereocenters. The number of ether oxygens (including phenoxy) is 6. The summed E-state index contributed by atoms with van der Waals surface area (Å²) < 4.78 is 40.0. The highest BCUT2D eigenvalue weighted by Gasteiger charge is 2.46. The Morgan fingerprint density at radius 1 is 0.345 bits per heavy atom. The minimum absolute atomic E-state index is 0.0212. The normalized spacial score (nSPS) is 13.7. The second-order valence-corrected chi connectivity index (χ2v) is 32.0. The molecular formula is C92H88N4O14. The average Bonchev–Trinajstić information content (AvgIpc) is 0.670. The number of benzene rings is 11. The summed E-state index contributed by atoms with van der Waals surface area (Å²) in [5.41, 5.74) is 3.32. The largest absolute Gasteiger partial charge is 0.457 e. The number of hydrogen-bond acceptors (Lipinski definition) is 14. The number of carbonyl (C=O) groups excluding carboxylic acids is 8. The molecular weight excluding hydrogens is 1390 g/mol. The topological polar surface area (TPSA) is 222 Å². The van der Waals surface area contributed by atoms with Gasteiger partial charge in [-0.15, -0.1) is 0 Å². The molecule has 0 spiro atoms. The van der Waals surface area contributed by atoms with Gasteiger partial charge in [0.15, 0.2) is 0 Å². The van der Waals surface area contributed by atoms with E-state index in [1.165, 1.54) is 48.5 Å². The molecule has 2 heterocycles. The molecule has 13 rings (SSSR count). The van der Waals surface area contributed by atoms with Crippen LogP contribution in [0.15, 0.2) is 195 Å². The molecule has 2 atom stereocenters. The van der Waals surface area contributed by atoms with Crippen molar-refractivity contribution in [3.63, 3.8) is 0 Å². The number of rotatable bonds is 22. The number of carbonyl (C=O) groups is 8. The molecule has 2 aliphatic rings. The van der Waals surface area contributed by atoms with Crippen LogP contribution in [0.4, 0.5) is 11.4 Å². The van der Waals surface area contributed by atoms with Gasteiger partial charge in [-0.1, -0.05) is 171 Å². The molecule has 2 aliphatic heterocycles. The van der Waals surface area contributed by atoms with Gasteiger partial charge in [0.2, 0.25) is 11.8 Å². The zero-order valence-corrected chi connectivity index (χ0v) is 64.3. The fourth-order valence-corrected chi connectivity index (χ4v) is 14.3. The third-order valence-electron chi connectivity index (χ3n) is 20.1. The highest BCUT2D eigenvalue weighted by Crippen LogP contribution is 2.58. The Labute approximate surface area is 639 Å². The first-order valence-corrected chi connectivity index (χ1v) is 36.9. The standard InChI is InChI=1S/C92H88N4O14/c1-17-21-67(83(99)93-55-31-43-61(44-32-55)109-73(97)19-3)95-85(101)63-47-69(105-57-35-23-51(24-36-57)89(5,6)7)77-79-71(107-59-39-27-53(28-40-59)91(11,12)13)49-65-76-66(88(104)96(87(65)103)68(22-18-2)84(100)94-56-33-45-62(46-34-56)110-74(98)20-4)50-72(108-60-41-29-54(30-42-60)92(14,15)16)80(82(76)79)78-70(48-64(86(95)102)75(63)81(77)78)106-58-37-25-52(26-38-58)90(8,9)10/h19-20,23-50,67-68H,3-4,17-18,21-22H2,1-2,5-16H3,(H,93,99)(H,94,100). The average molecular weight is 1470 g/mol. The van der Waals surface area contributed by atoms with E-state index in [-0.39, 0.29) is 146 Å². The molecule has 11 aromatic carbocycles. The Kier molecular flexibility index (Phi) is 20.2. The van der Waals surface area contributed by atoms with Gasteiger partial charge in [0, 0.05) is 66.6 Å². The van der Waals surface area contributed by atoms with Crippen LogP contribution in [0.1, 0.15) is 186 Å². The maximum atomic E-state index is 16.4. The Balaban J connectivity index is 1.15. The molecule has 560 valence electrons. The Bertz CT molecular complexity index is 4970. The van der Waals surface area contributed by atoms with Gasteiger partial charge in [0.05, 0.1) is 22.3 Å². The van der Waals surface area contributed by atoms with Crippen molar-refractivity contribution in [3.8, 4) is 57.5 Å². The van der Waals surface area contributed by atoms with Crippen LogP contribution in [-0.2, 0) is 40.8 Å². The van der Waals surface area contributed by atoms with Crippen LogP contribution in [0.5, 0.6) is 57.5 Å². The van der Waals surface area contributed by atoms with Gasteiger partial charge in [-0.05, 0) is 178 Å². The quantitative estimate of drug-likeness (QED) is 0.0161. The first-order chi connectivity index (χ1) is 52.2. The van der Waals surface area contributed by atoms with E-state index in [4.69, 9.17) is 28.4 Å². The molecule has 18 heteroatoms. The summed E-state index contributed by atoms with van der Waals surface area (Å²) in [6.45, 7) is 35.8. The highest BCUT2D eigenvalue weighted by molar-refractivity contribution is 6.45. The second kappa shape index (κ2) is 29.3. The summed E-state index contributed by atoms with van der Waals surface area (Å²) in [5, 5.41) is 7.72. The Morgan fingerprint density at radius 2 is 0.573 bits per heavy atom. The Hall–Kier alpha value is -12.4. The third kappa shape index (κ3) is 14.6. The number of hydrogen-bond donors (Lipinski definition) is 2. The highest BCUT2D eigenvalue weighted by atomic mass is 16.5. The lowest BCUT2D eigenvalue weighted by atomic mass is 9.80. The van der Waals surface area contributed by atoms with Crippen molar-refractivity contribution >= 4 is 102 Å². The van der Waals surface area contributed by atoms with E-state index in [1.807, 2.05) is 111 Å². The van der Waals surface area contributed by atoms with Crippen LogP contribution >= 0.6 is 0 Å². The molecule has 0 saturated carbocycles. The summed E-state index contributed by atoms with van der Waals surface area (Å²) in [6.07, 6.45) is 2.80. The van der Waals surface area contributed by atoms with E-state index in [0.717, 1.165) is 44.2 Å². The van der Waals surface area contributed by atoms with Crippen LogP contribution in [0.2, 0.25) is 0 Å². The van der Waals surface area contributed by atoms with Crippen LogP contribution in [0.3, 0.4) is 0 Å². The van der Waals surface area contributed by atoms with E-state index < -0.39 is 59.5 Å². The smallest absolute Gasteiger partial charge is 0.335 e. The van der Waals surface area contributed by atoms with Crippen molar-refractivity contribution in [1.82, 2.24) is 9.80 Å². The molecule has 0 fully saturated rings. The second-order valence-electron chi connectivity index (χ2n) is 32.0. The molecule has 0 bridgehead atoms. The minimum Gasteiger partial charge on any atom is -0.457 e. The number of anilines is 2. The van der Waals surface area contributed by atoms with Crippen molar-refractivity contribution in [2.75, 3.05) is 10.6 Å². The van der Waals surface area contributed by atoms with Gasteiger partial charge >= 0.3 is 11.9 Å². The van der Waals surface area contributed by atoms with E-state index in [9.17, 15) is 9.59 Å². The number of nitrogens with zero attached hydrogens (tertiary/aromatic N) is 2. The molecule has 0 radical (unpaired) electrons. The number of imide groups is 2. The first kappa shape index (κ1) is 75.8. The SMILES string of the molecule is C=CC(=O)Oc1ccc(NC(=O)C(CCC)N2C(=O)c3cc(Oc4ccc(C(C)(C)C)cc4)c4c5c(Oc6ccc(C(C)(C)C)cc6)cc6c7c(cc(Oc8ccc(C(C)(C)C)cc8)c(c8c(Oc9ccc(C(C)(C)C)cc9)cc(c3c48)C2=O)c75)C(=O)N(C(CCC)C(=O)Nc2ccc(OC(=O)C=C)cc2)C6=O)cc1.